The van der Waals surface area contributed by atoms with E-state index in [-0.39, 0.29) is 23.7 Å². The summed E-state index contributed by atoms with van der Waals surface area (Å²) in [4.78, 5) is 28.2. The van der Waals surface area contributed by atoms with Crippen LogP contribution in [0, 0.1) is 5.92 Å². The molecule has 4 rings (SSSR count). The third-order valence-electron chi connectivity index (χ3n) is 5.86. The Hall–Kier alpha value is -3.42. The van der Waals surface area contributed by atoms with Crippen molar-refractivity contribution in [3.05, 3.63) is 82.3 Å². The molecule has 0 saturated heterocycles. The first-order chi connectivity index (χ1) is 16.9. The fraction of sp³-hybridized carbons (Fsp3) is 0.286. The lowest BCUT2D eigenvalue weighted by Gasteiger charge is -2.28. The second-order valence-corrected chi connectivity index (χ2v) is 9.58. The van der Waals surface area contributed by atoms with E-state index < -0.39 is 17.7 Å². The van der Waals surface area contributed by atoms with Crippen molar-refractivity contribution in [1.29, 1.82) is 0 Å². The van der Waals surface area contributed by atoms with Gasteiger partial charge in [-0.3, -0.25) is 14.5 Å². The van der Waals surface area contributed by atoms with E-state index in [1.165, 1.54) is 4.90 Å². The van der Waals surface area contributed by atoms with Crippen LogP contribution in [0.4, 0.5) is 5.69 Å². The lowest BCUT2D eigenvalue weighted by atomic mass is 9.91. The van der Waals surface area contributed by atoms with Crippen LogP contribution in [0.5, 0.6) is 5.75 Å². The number of hydrogen-bond acceptors (Lipinski definition) is 6. The van der Waals surface area contributed by atoms with Gasteiger partial charge in [-0.2, -0.15) is 11.3 Å². The number of benzene rings is 2. The Bertz CT molecular complexity index is 1210. The molecule has 1 atom stereocenters. The summed E-state index contributed by atoms with van der Waals surface area (Å²) in [7, 11) is 1.59. The number of para-hydroxylation sites is 1. The molecule has 1 amide bonds. The Labute approximate surface area is 209 Å². The number of ether oxygens (including phenoxy) is 2. The van der Waals surface area contributed by atoms with Crippen LogP contribution in [-0.2, 0) is 14.3 Å². The van der Waals surface area contributed by atoms with E-state index in [1.54, 1.807) is 24.5 Å². The van der Waals surface area contributed by atoms with Crippen molar-refractivity contribution >= 4 is 28.7 Å². The first-order valence-electron chi connectivity index (χ1n) is 11.6. The molecule has 1 aromatic heterocycles. The number of nitrogens with zero attached hydrogens (tertiary/aromatic N) is 1. The molecule has 1 N–H and O–H groups in total. The minimum atomic E-state index is -0.806. The lowest BCUT2D eigenvalue weighted by Crippen LogP contribution is -2.31. The Kier molecular flexibility index (Phi) is 7.68. The molecule has 1 aliphatic rings. The van der Waals surface area contributed by atoms with Crippen molar-refractivity contribution in [3.63, 3.8) is 0 Å². The van der Waals surface area contributed by atoms with E-state index in [4.69, 9.17) is 9.47 Å². The van der Waals surface area contributed by atoms with Gasteiger partial charge in [0, 0.05) is 24.8 Å². The molecule has 0 aliphatic carbocycles. The molecule has 0 radical (unpaired) electrons. The predicted octanol–water partition coefficient (Wildman–Crippen LogP) is 5.96. The number of anilines is 1. The van der Waals surface area contributed by atoms with Crippen molar-refractivity contribution in [1.82, 2.24) is 0 Å². The van der Waals surface area contributed by atoms with E-state index in [0.717, 1.165) is 11.1 Å². The molecule has 0 fully saturated rings. The van der Waals surface area contributed by atoms with E-state index in [2.05, 4.69) is 5.38 Å². The monoisotopic (exact) mass is 491 g/mol. The Morgan fingerprint density at radius 1 is 1.06 bits per heavy atom. The Balaban J connectivity index is 1.79. The second-order valence-electron chi connectivity index (χ2n) is 8.80. The summed E-state index contributed by atoms with van der Waals surface area (Å²) < 4.78 is 11.1. The molecule has 182 valence electrons. The van der Waals surface area contributed by atoms with Crippen molar-refractivity contribution < 1.29 is 24.2 Å². The van der Waals surface area contributed by atoms with Gasteiger partial charge in [0.1, 0.15) is 12.4 Å². The Morgan fingerprint density at radius 3 is 2.46 bits per heavy atom. The zero-order valence-corrected chi connectivity index (χ0v) is 20.9. The number of ketones is 1. The summed E-state index contributed by atoms with van der Waals surface area (Å²) in [6.07, 6.45) is 0.223. The molecule has 0 bridgehead atoms. The number of aliphatic hydroxyl groups excluding tert-OH is 1. The summed E-state index contributed by atoms with van der Waals surface area (Å²) in [5, 5.41) is 15.0. The Morgan fingerprint density at radius 2 is 1.80 bits per heavy atom. The highest BCUT2D eigenvalue weighted by atomic mass is 32.1. The maximum atomic E-state index is 13.4. The normalized spacial score (nSPS) is 15.8. The third-order valence-corrected chi connectivity index (χ3v) is 6.54. The topological polar surface area (TPSA) is 76.1 Å². The zero-order chi connectivity index (χ0) is 24.9. The second kappa shape index (κ2) is 10.9. The minimum absolute atomic E-state index is 0.0747. The van der Waals surface area contributed by atoms with E-state index in [9.17, 15) is 14.7 Å². The van der Waals surface area contributed by atoms with Gasteiger partial charge < -0.3 is 14.6 Å². The number of aliphatic hydroxyl groups is 1. The standard InChI is InChI=1S/C28H29NO5S/c1-18(2)16-23(30)25-26(22-6-4-5-7-24(22)34-14-13-33-3)29(28(32)27(25)31)21-10-8-19(9-11-21)20-12-15-35-17-20/h4-12,15,17-18,26,31H,13-14,16H2,1-3H3. The molecular weight excluding hydrogens is 462 g/mol. The first kappa shape index (κ1) is 24.7. The highest BCUT2D eigenvalue weighted by molar-refractivity contribution is 7.08. The number of rotatable bonds is 10. The molecule has 0 saturated carbocycles. The number of methoxy groups -OCH3 is 1. The van der Waals surface area contributed by atoms with Crippen LogP contribution in [0.2, 0.25) is 0 Å². The highest BCUT2D eigenvalue weighted by Crippen LogP contribution is 2.44. The van der Waals surface area contributed by atoms with Gasteiger partial charge in [-0.15, -0.1) is 0 Å². The van der Waals surface area contributed by atoms with Crippen LogP contribution >= 0.6 is 11.3 Å². The number of amides is 1. The van der Waals surface area contributed by atoms with Gasteiger partial charge in [0.25, 0.3) is 5.91 Å². The number of thiophene rings is 1. The fourth-order valence-electron chi connectivity index (χ4n) is 4.25. The zero-order valence-electron chi connectivity index (χ0n) is 20.1. The largest absolute Gasteiger partial charge is 0.503 e. The van der Waals surface area contributed by atoms with Crippen LogP contribution in [0.25, 0.3) is 11.1 Å². The molecule has 35 heavy (non-hydrogen) atoms. The van der Waals surface area contributed by atoms with Gasteiger partial charge >= 0.3 is 0 Å². The summed E-state index contributed by atoms with van der Waals surface area (Å²) in [5.74, 6) is -0.747. The maximum absolute atomic E-state index is 13.4. The molecule has 2 heterocycles. The average molecular weight is 492 g/mol. The van der Waals surface area contributed by atoms with Gasteiger partial charge in [0.2, 0.25) is 0 Å². The number of carbonyl (C=O) groups excluding carboxylic acids is 2. The molecular formula is C28H29NO5S. The number of carbonyl (C=O) groups is 2. The van der Waals surface area contributed by atoms with E-state index in [1.807, 2.05) is 67.8 Å². The summed E-state index contributed by atoms with van der Waals surface area (Å²) >= 11 is 1.62. The van der Waals surface area contributed by atoms with Crippen molar-refractivity contribution in [2.75, 3.05) is 25.2 Å². The smallest absolute Gasteiger partial charge is 0.294 e. The van der Waals surface area contributed by atoms with Crippen LogP contribution in [0.1, 0.15) is 31.9 Å². The van der Waals surface area contributed by atoms with Gasteiger partial charge in [0.15, 0.2) is 11.5 Å². The summed E-state index contributed by atoms with van der Waals surface area (Å²) in [6.45, 7) is 4.58. The van der Waals surface area contributed by atoms with E-state index >= 15 is 0 Å². The number of Topliss-reactive ketones (excluding diaryl/α,β-unsaturated/α-hetero) is 1. The molecule has 1 aliphatic heterocycles. The van der Waals surface area contributed by atoms with Crippen molar-refractivity contribution in [3.8, 4) is 16.9 Å². The first-order valence-corrected chi connectivity index (χ1v) is 12.5. The molecule has 1 unspecified atom stereocenters. The van der Waals surface area contributed by atoms with Gasteiger partial charge in [0.05, 0.1) is 18.2 Å². The average Bonchev–Trinajstić information content (AvgIpc) is 3.47. The molecule has 3 aromatic rings. The lowest BCUT2D eigenvalue weighted by molar-refractivity contribution is -0.118. The molecule has 2 aromatic carbocycles. The molecule has 0 spiro atoms. The summed E-state index contributed by atoms with van der Waals surface area (Å²) in [5.41, 5.74) is 3.44. The van der Waals surface area contributed by atoms with Gasteiger partial charge in [-0.25, -0.2) is 0 Å². The van der Waals surface area contributed by atoms with Crippen LogP contribution in [0.15, 0.2) is 76.7 Å². The SMILES string of the molecule is COCCOc1ccccc1C1C(C(=O)CC(C)C)=C(O)C(=O)N1c1ccc(-c2ccsc2)cc1. The quantitative estimate of drug-likeness (QED) is 0.354. The fourth-order valence-corrected chi connectivity index (χ4v) is 4.91. The van der Waals surface area contributed by atoms with Crippen molar-refractivity contribution in [2.24, 2.45) is 5.92 Å². The van der Waals surface area contributed by atoms with Crippen LogP contribution in [0.3, 0.4) is 0 Å². The van der Waals surface area contributed by atoms with Gasteiger partial charge in [-0.05, 0) is 52.1 Å². The maximum Gasteiger partial charge on any atom is 0.294 e. The minimum Gasteiger partial charge on any atom is -0.503 e. The predicted molar refractivity (Wildman–Crippen MR) is 138 cm³/mol. The van der Waals surface area contributed by atoms with Crippen LogP contribution in [-0.4, -0.2) is 37.1 Å². The molecule has 6 nitrogen and oxygen atoms in total. The molecule has 7 heteroatoms. The number of hydrogen-bond donors (Lipinski definition) is 1. The van der Waals surface area contributed by atoms with Gasteiger partial charge in [-0.1, -0.05) is 44.2 Å². The van der Waals surface area contributed by atoms with Crippen molar-refractivity contribution in [2.45, 2.75) is 26.3 Å². The van der Waals surface area contributed by atoms with E-state index in [0.29, 0.717) is 30.2 Å². The third kappa shape index (κ3) is 5.16. The highest BCUT2D eigenvalue weighted by Gasteiger charge is 2.45. The van der Waals surface area contributed by atoms with Crippen LogP contribution < -0.4 is 9.64 Å². The summed E-state index contributed by atoms with van der Waals surface area (Å²) in [6, 6.07) is 16.1.